The standard InChI is InChI=1S/C24H32N4O2/c1-17-9-5-8-12-22(17)30-14-13-27(4)16-23(29)26-24-21(15-25)18(2)19(3)28(24)20-10-6-7-11-20/h5,8-9,12,20H,6-7,10-11,13-14,16H2,1-4H3,(H,26,29). The fourth-order valence-corrected chi connectivity index (χ4v) is 4.23. The fraction of sp³-hybridized carbons (Fsp3) is 0.500. The third-order valence-electron chi connectivity index (χ3n) is 6.05. The van der Waals surface area contributed by atoms with Gasteiger partial charge in [0.15, 0.2) is 0 Å². The number of para-hydroxylation sites is 1. The Morgan fingerprint density at radius 2 is 1.97 bits per heavy atom. The first-order valence-corrected chi connectivity index (χ1v) is 10.7. The number of likely N-dealkylation sites (N-methyl/N-ethyl adjacent to an activating group) is 1. The molecule has 0 radical (unpaired) electrons. The summed E-state index contributed by atoms with van der Waals surface area (Å²) in [6, 6.07) is 10.6. The van der Waals surface area contributed by atoms with Gasteiger partial charge in [-0.15, -0.1) is 0 Å². The number of nitriles is 1. The van der Waals surface area contributed by atoms with Crippen LogP contribution in [0.5, 0.6) is 5.75 Å². The number of benzene rings is 1. The maximum Gasteiger partial charge on any atom is 0.239 e. The molecule has 1 aliphatic rings. The zero-order chi connectivity index (χ0) is 21.7. The fourth-order valence-electron chi connectivity index (χ4n) is 4.23. The van der Waals surface area contributed by atoms with E-state index < -0.39 is 0 Å². The summed E-state index contributed by atoms with van der Waals surface area (Å²) in [4.78, 5) is 14.7. The summed E-state index contributed by atoms with van der Waals surface area (Å²) in [6.45, 7) is 7.41. The minimum Gasteiger partial charge on any atom is -0.492 e. The summed E-state index contributed by atoms with van der Waals surface area (Å²) in [7, 11) is 1.90. The number of carbonyl (C=O) groups excluding carboxylic acids is 1. The first-order valence-electron chi connectivity index (χ1n) is 10.7. The number of nitrogens with zero attached hydrogens (tertiary/aromatic N) is 3. The van der Waals surface area contributed by atoms with Gasteiger partial charge in [0.05, 0.1) is 12.1 Å². The van der Waals surface area contributed by atoms with Gasteiger partial charge in [-0.2, -0.15) is 5.26 Å². The average molecular weight is 409 g/mol. The molecular formula is C24H32N4O2. The van der Waals surface area contributed by atoms with Crippen molar-refractivity contribution >= 4 is 11.7 Å². The zero-order valence-corrected chi connectivity index (χ0v) is 18.5. The highest BCUT2D eigenvalue weighted by molar-refractivity contribution is 5.93. The lowest BCUT2D eigenvalue weighted by molar-refractivity contribution is -0.117. The van der Waals surface area contributed by atoms with Crippen LogP contribution in [-0.4, -0.2) is 42.1 Å². The third kappa shape index (κ3) is 4.85. The normalized spacial score (nSPS) is 14.1. The molecule has 0 saturated heterocycles. The molecule has 0 bridgehead atoms. The molecule has 1 aliphatic carbocycles. The van der Waals surface area contributed by atoms with Gasteiger partial charge in [0, 0.05) is 18.3 Å². The molecule has 3 rings (SSSR count). The largest absolute Gasteiger partial charge is 0.492 e. The van der Waals surface area contributed by atoms with Gasteiger partial charge in [0.2, 0.25) is 5.91 Å². The summed E-state index contributed by atoms with van der Waals surface area (Å²) >= 11 is 0. The Bertz CT molecular complexity index is 935. The molecule has 30 heavy (non-hydrogen) atoms. The van der Waals surface area contributed by atoms with Crippen LogP contribution in [0.15, 0.2) is 24.3 Å². The number of aromatic nitrogens is 1. The first-order chi connectivity index (χ1) is 14.4. The molecule has 1 fully saturated rings. The van der Waals surface area contributed by atoms with E-state index in [0.29, 0.717) is 30.6 Å². The molecule has 1 heterocycles. The Labute approximate surface area is 179 Å². The number of aryl methyl sites for hydroxylation is 1. The number of anilines is 1. The number of amides is 1. The summed E-state index contributed by atoms with van der Waals surface area (Å²) in [6.07, 6.45) is 4.58. The van der Waals surface area contributed by atoms with Crippen molar-refractivity contribution in [3.63, 3.8) is 0 Å². The monoisotopic (exact) mass is 408 g/mol. The minimum absolute atomic E-state index is 0.110. The van der Waals surface area contributed by atoms with Crippen LogP contribution in [0.4, 0.5) is 5.82 Å². The number of carbonyl (C=O) groups is 1. The van der Waals surface area contributed by atoms with Crippen LogP contribution in [0.1, 0.15) is 54.1 Å². The summed E-state index contributed by atoms with van der Waals surface area (Å²) < 4.78 is 8.01. The molecule has 1 amide bonds. The van der Waals surface area contributed by atoms with Gasteiger partial charge in [-0.25, -0.2) is 0 Å². The van der Waals surface area contributed by atoms with E-state index in [-0.39, 0.29) is 12.5 Å². The van der Waals surface area contributed by atoms with E-state index in [1.807, 2.05) is 57.0 Å². The third-order valence-corrected chi connectivity index (χ3v) is 6.05. The highest BCUT2D eigenvalue weighted by Gasteiger charge is 2.26. The number of ether oxygens (including phenoxy) is 1. The predicted molar refractivity (Wildman–Crippen MR) is 119 cm³/mol. The molecule has 6 nitrogen and oxygen atoms in total. The van der Waals surface area contributed by atoms with Crippen LogP contribution >= 0.6 is 0 Å². The first kappa shape index (κ1) is 21.9. The van der Waals surface area contributed by atoms with Crippen LogP contribution in [0.3, 0.4) is 0 Å². The molecule has 0 aliphatic heterocycles. The average Bonchev–Trinajstić information content (AvgIpc) is 3.30. The molecule has 160 valence electrons. The van der Waals surface area contributed by atoms with Crippen LogP contribution in [0.2, 0.25) is 0 Å². The van der Waals surface area contributed by atoms with E-state index in [1.54, 1.807) is 0 Å². The SMILES string of the molecule is Cc1ccccc1OCCN(C)CC(=O)Nc1c(C#N)c(C)c(C)n1C1CCCC1. The van der Waals surface area contributed by atoms with Crippen molar-refractivity contribution in [1.29, 1.82) is 5.26 Å². The lowest BCUT2D eigenvalue weighted by Crippen LogP contribution is -2.33. The van der Waals surface area contributed by atoms with E-state index in [1.165, 1.54) is 12.8 Å². The topological polar surface area (TPSA) is 70.3 Å². The van der Waals surface area contributed by atoms with E-state index in [0.717, 1.165) is 35.4 Å². The van der Waals surface area contributed by atoms with Gasteiger partial charge >= 0.3 is 0 Å². The van der Waals surface area contributed by atoms with Crippen molar-refractivity contribution in [3.05, 3.63) is 46.6 Å². The molecule has 6 heteroatoms. The molecule has 2 aromatic rings. The molecule has 1 aromatic carbocycles. The van der Waals surface area contributed by atoms with E-state index in [2.05, 4.69) is 16.0 Å². The van der Waals surface area contributed by atoms with Crippen LogP contribution < -0.4 is 10.1 Å². The van der Waals surface area contributed by atoms with Crippen molar-refractivity contribution in [1.82, 2.24) is 9.47 Å². The van der Waals surface area contributed by atoms with Gasteiger partial charge in [0.1, 0.15) is 24.2 Å². The molecule has 0 atom stereocenters. The molecule has 1 saturated carbocycles. The van der Waals surface area contributed by atoms with Crippen LogP contribution in [-0.2, 0) is 4.79 Å². The maximum absolute atomic E-state index is 12.7. The van der Waals surface area contributed by atoms with Gasteiger partial charge in [-0.1, -0.05) is 31.0 Å². The molecular weight excluding hydrogens is 376 g/mol. The highest BCUT2D eigenvalue weighted by Crippen LogP contribution is 2.37. The van der Waals surface area contributed by atoms with Gasteiger partial charge in [0.25, 0.3) is 0 Å². The number of rotatable bonds is 8. The van der Waals surface area contributed by atoms with E-state index in [4.69, 9.17) is 4.74 Å². The lowest BCUT2D eigenvalue weighted by Gasteiger charge is -2.21. The molecule has 1 aromatic heterocycles. The Kier molecular flexibility index (Phi) is 7.17. The van der Waals surface area contributed by atoms with Crippen molar-refractivity contribution < 1.29 is 9.53 Å². The summed E-state index contributed by atoms with van der Waals surface area (Å²) in [5, 5.41) is 12.7. The van der Waals surface area contributed by atoms with Crippen LogP contribution in [0.25, 0.3) is 0 Å². The Morgan fingerprint density at radius 3 is 2.63 bits per heavy atom. The quantitative estimate of drug-likeness (QED) is 0.705. The van der Waals surface area contributed by atoms with Crippen molar-refractivity contribution in [2.75, 3.05) is 32.1 Å². The molecule has 0 spiro atoms. The number of hydrogen-bond donors (Lipinski definition) is 1. The van der Waals surface area contributed by atoms with E-state index >= 15 is 0 Å². The molecule has 0 unspecified atom stereocenters. The highest BCUT2D eigenvalue weighted by atomic mass is 16.5. The molecule has 1 N–H and O–H groups in total. The van der Waals surface area contributed by atoms with Crippen molar-refractivity contribution in [2.45, 2.75) is 52.5 Å². The predicted octanol–water partition coefficient (Wildman–Crippen LogP) is 4.35. The van der Waals surface area contributed by atoms with Crippen molar-refractivity contribution in [3.8, 4) is 11.8 Å². The minimum atomic E-state index is -0.110. The summed E-state index contributed by atoms with van der Waals surface area (Å²) in [5.41, 5.74) is 3.71. The summed E-state index contributed by atoms with van der Waals surface area (Å²) in [5.74, 6) is 1.42. The van der Waals surface area contributed by atoms with E-state index in [9.17, 15) is 10.1 Å². The number of nitrogens with one attached hydrogen (secondary N) is 1. The maximum atomic E-state index is 12.7. The number of hydrogen-bond acceptors (Lipinski definition) is 4. The smallest absolute Gasteiger partial charge is 0.239 e. The Morgan fingerprint density at radius 1 is 1.27 bits per heavy atom. The van der Waals surface area contributed by atoms with Crippen LogP contribution in [0, 0.1) is 32.1 Å². The second-order valence-corrected chi connectivity index (χ2v) is 8.25. The lowest BCUT2D eigenvalue weighted by atomic mass is 10.2. The van der Waals surface area contributed by atoms with Gasteiger partial charge in [-0.05, 0) is 57.9 Å². The Balaban J connectivity index is 1.61. The Hall–Kier alpha value is -2.78. The van der Waals surface area contributed by atoms with Gasteiger partial charge < -0.3 is 14.6 Å². The van der Waals surface area contributed by atoms with Crippen molar-refractivity contribution in [2.24, 2.45) is 0 Å². The zero-order valence-electron chi connectivity index (χ0n) is 18.5. The second kappa shape index (κ2) is 9.82. The second-order valence-electron chi connectivity index (χ2n) is 8.25. The van der Waals surface area contributed by atoms with Gasteiger partial charge in [-0.3, -0.25) is 9.69 Å².